The molecule has 0 fully saturated rings. The lowest BCUT2D eigenvalue weighted by molar-refractivity contribution is 0.449. The second-order valence-corrected chi connectivity index (χ2v) is 4.25. The number of aromatic nitrogens is 3. The first kappa shape index (κ1) is 15.2. The van der Waals surface area contributed by atoms with Gasteiger partial charge in [-0.15, -0.1) is 0 Å². The number of aliphatic imine (C=N–C) groups is 1. The van der Waals surface area contributed by atoms with Crippen molar-refractivity contribution in [3.8, 4) is 0 Å². The van der Waals surface area contributed by atoms with Crippen LogP contribution in [0.4, 0.5) is 0 Å². The van der Waals surface area contributed by atoms with Crippen LogP contribution in [-0.2, 0) is 13.6 Å². The number of nitrogens with zero attached hydrogens (tertiary/aromatic N) is 5. The van der Waals surface area contributed by atoms with Crippen molar-refractivity contribution in [2.45, 2.75) is 26.8 Å². The summed E-state index contributed by atoms with van der Waals surface area (Å²) < 4.78 is 1.78. The van der Waals surface area contributed by atoms with Gasteiger partial charge < -0.3 is 10.2 Å². The molecule has 1 aromatic rings. The maximum atomic E-state index is 4.58. The molecule has 19 heavy (non-hydrogen) atoms. The van der Waals surface area contributed by atoms with E-state index in [4.69, 9.17) is 0 Å². The molecule has 0 aliphatic carbocycles. The Morgan fingerprint density at radius 2 is 2.37 bits per heavy atom. The van der Waals surface area contributed by atoms with Crippen molar-refractivity contribution >= 4 is 5.96 Å². The number of aryl methyl sites for hydroxylation is 1. The van der Waals surface area contributed by atoms with Gasteiger partial charge in [-0.2, -0.15) is 5.10 Å². The van der Waals surface area contributed by atoms with Gasteiger partial charge in [-0.25, -0.2) is 4.98 Å². The molecule has 0 saturated carbocycles. The zero-order chi connectivity index (χ0) is 14.1. The molecular weight excluding hydrogens is 240 g/mol. The van der Waals surface area contributed by atoms with Crippen LogP contribution < -0.4 is 5.32 Å². The van der Waals surface area contributed by atoms with Crippen LogP contribution in [0.15, 0.2) is 23.5 Å². The minimum Gasteiger partial charge on any atom is -0.357 e. The number of rotatable bonds is 6. The Hall–Kier alpha value is -1.85. The summed E-state index contributed by atoms with van der Waals surface area (Å²) in [4.78, 5) is 10.9. The summed E-state index contributed by atoms with van der Waals surface area (Å²) in [5.41, 5.74) is 0. The number of allylic oxidation sites excluding steroid dienone is 1. The standard InChI is InChI=1S/C13H24N6/c1-5-7-8-9-15-13(14-6-2)18(3)10-12-16-11-17-19(12)4/h5,7,11H,6,8-10H2,1-4H3,(H,14,15)/b7-5+. The summed E-state index contributed by atoms with van der Waals surface area (Å²) in [5, 5.41) is 7.36. The highest BCUT2D eigenvalue weighted by Gasteiger charge is 2.09. The molecule has 1 heterocycles. The maximum Gasteiger partial charge on any atom is 0.194 e. The normalized spacial score (nSPS) is 12.1. The Balaban J connectivity index is 2.61. The van der Waals surface area contributed by atoms with Crippen LogP contribution in [0.1, 0.15) is 26.1 Å². The zero-order valence-electron chi connectivity index (χ0n) is 12.3. The fourth-order valence-corrected chi connectivity index (χ4v) is 1.63. The second-order valence-electron chi connectivity index (χ2n) is 4.25. The SMILES string of the molecule is C/C=C/CCN=C(NCC)N(C)Cc1ncnn1C. The quantitative estimate of drug-likeness (QED) is 0.363. The van der Waals surface area contributed by atoms with Crippen molar-refractivity contribution < 1.29 is 0 Å². The predicted molar refractivity (Wildman–Crippen MR) is 77.9 cm³/mol. The first-order valence-corrected chi connectivity index (χ1v) is 6.62. The summed E-state index contributed by atoms with van der Waals surface area (Å²) in [5.74, 6) is 1.82. The molecule has 1 aromatic heterocycles. The molecule has 0 aromatic carbocycles. The van der Waals surface area contributed by atoms with E-state index in [1.54, 1.807) is 11.0 Å². The van der Waals surface area contributed by atoms with Crippen LogP contribution in [-0.4, -0.2) is 45.8 Å². The molecule has 0 bridgehead atoms. The summed E-state index contributed by atoms with van der Waals surface area (Å²) >= 11 is 0. The van der Waals surface area contributed by atoms with E-state index in [9.17, 15) is 0 Å². The van der Waals surface area contributed by atoms with Crippen LogP contribution in [0.3, 0.4) is 0 Å². The molecule has 0 radical (unpaired) electrons. The van der Waals surface area contributed by atoms with E-state index in [1.165, 1.54) is 0 Å². The van der Waals surface area contributed by atoms with E-state index in [2.05, 4.69) is 38.3 Å². The minimum absolute atomic E-state index is 0.686. The molecule has 0 spiro atoms. The Bertz CT molecular complexity index is 421. The van der Waals surface area contributed by atoms with Crippen molar-refractivity contribution in [3.63, 3.8) is 0 Å². The Morgan fingerprint density at radius 3 is 2.95 bits per heavy atom. The Kier molecular flexibility index (Phi) is 6.63. The molecule has 0 aliphatic rings. The topological polar surface area (TPSA) is 58.3 Å². The highest BCUT2D eigenvalue weighted by atomic mass is 15.4. The van der Waals surface area contributed by atoms with E-state index in [1.807, 2.05) is 27.1 Å². The Labute approximate surface area is 115 Å². The summed E-state index contributed by atoms with van der Waals surface area (Å²) in [6, 6.07) is 0. The number of guanidine groups is 1. The van der Waals surface area contributed by atoms with E-state index in [0.29, 0.717) is 6.54 Å². The molecule has 6 nitrogen and oxygen atoms in total. The highest BCUT2D eigenvalue weighted by Crippen LogP contribution is 1.98. The fourth-order valence-electron chi connectivity index (χ4n) is 1.63. The van der Waals surface area contributed by atoms with Crippen molar-refractivity contribution in [1.29, 1.82) is 0 Å². The molecule has 1 rings (SSSR count). The van der Waals surface area contributed by atoms with Gasteiger partial charge in [0.25, 0.3) is 0 Å². The van der Waals surface area contributed by atoms with E-state index in [-0.39, 0.29) is 0 Å². The van der Waals surface area contributed by atoms with Gasteiger partial charge in [0.05, 0.1) is 6.54 Å². The fraction of sp³-hybridized carbons (Fsp3) is 0.615. The average molecular weight is 264 g/mol. The lowest BCUT2D eigenvalue weighted by Gasteiger charge is -2.21. The van der Waals surface area contributed by atoms with Crippen LogP contribution >= 0.6 is 0 Å². The van der Waals surface area contributed by atoms with Crippen molar-refractivity contribution in [2.75, 3.05) is 20.1 Å². The molecule has 0 aliphatic heterocycles. The minimum atomic E-state index is 0.686. The predicted octanol–water partition coefficient (Wildman–Crippen LogP) is 1.18. The van der Waals surface area contributed by atoms with Gasteiger partial charge in [0.1, 0.15) is 12.2 Å². The highest BCUT2D eigenvalue weighted by molar-refractivity contribution is 5.79. The average Bonchev–Trinajstić information content (AvgIpc) is 2.79. The molecule has 106 valence electrons. The van der Waals surface area contributed by atoms with Gasteiger partial charge >= 0.3 is 0 Å². The van der Waals surface area contributed by atoms with Gasteiger partial charge in [-0.1, -0.05) is 12.2 Å². The molecule has 0 unspecified atom stereocenters. The van der Waals surface area contributed by atoms with Gasteiger partial charge in [0.15, 0.2) is 5.96 Å². The molecule has 1 N–H and O–H groups in total. The van der Waals surface area contributed by atoms with Crippen molar-refractivity contribution in [3.05, 3.63) is 24.3 Å². The lowest BCUT2D eigenvalue weighted by Crippen LogP contribution is -2.39. The molecular formula is C13H24N6. The third-order valence-electron chi connectivity index (χ3n) is 2.67. The van der Waals surface area contributed by atoms with Crippen molar-refractivity contribution in [2.24, 2.45) is 12.0 Å². The zero-order valence-corrected chi connectivity index (χ0v) is 12.3. The Morgan fingerprint density at radius 1 is 1.58 bits per heavy atom. The third kappa shape index (κ3) is 5.11. The lowest BCUT2D eigenvalue weighted by atomic mass is 10.4. The van der Waals surface area contributed by atoms with Gasteiger partial charge in [0, 0.05) is 27.2 Å². The second kappa shape index (κ2) is 8.29. The number of nitrogens with one attached hydrogen (secondary N) is 1. The molecule has 0 amide bonds. The summed E-state index contributed by atoms with van der Waals surface area (Å²) in [6.07, 6.45) is 6.70. The van der Waals surface area contributed by atoms with E-state index >= 15 is 0 Å². The third-order valence-corrected chi connectivity index (χ3v) is 2.67. The monoisotopic (exact) mass is 264 g/mol. The first-order chi connectivity index (χ1) is 9.19. The van der Waals surface area contributed by atoms with Crippen molar-refractivity contribution in [1.82, 2.24) is 25.0 Å². The summed E-state index contributed by atoms with van der Waals surface area (Å²) in [7, 11) is 3.90. The van der Waals surface area contributed by atoms with Crippen LogP contribution in [0.5, 0.6) is 0 Å². The van der Waals surface area contributed by atoms with Gasteiger partial charge in [-0.3, -0.25) is 9.67 Å². The van der Waals surface area contributed by atoms with Gasteiger partial charge in [0.2, 0.25) is 0 Å². The number of hydrogen-bond acceptors (Lipinski definition) is 3. The molecule has 0 atom stereocenters. The largest absolute Gasteiger partial charge is 0.357 e. The molecule has 6 heteroatoms. The number of hydrogen-bond donors (Lipinski definition) is 1. The van der Waals surface area contributed by atoms with Crippen LogP contribution in [0.25, 0.3) is 0 Å². The van der Waals surface area contributed by atoms with E-state index < -0.39 is 0 Å². The summed E-state index contributed by atoms with van der Waals surface area (Å²) in [6.45, 7) is 6.42. The van der Waals surface area contributed by atoms with E-state index in [0.717, 1.165) is 31.3 Å². The molecule has 0 saturated heterocycles. The van der Waals surface area contributed by atoms with Crippen LogP contribution in [0, 0.1) is 0 Å². The smallest absolute Gasteiger partial charge is 0.194 e. The first-order valence-electron chi connectivity index (χ1n) is 6.62. The maximum absolute atomic E-state index is 4.58. The van der Waals surface area contributed by atoms with Gasteiger partial charge in [-0.05, 0) is 20.3 Å². The van der Waals surface area contributed by atoms with Crippen LogP contribution in [0.2, 0.25) is 0 Å².